The number of carbonyl (C=O) groups is 3. The number of ether oxygens (including phenoxy) is 1. The summed E-state index contributed by atoms with van der Waals surface area (Å²) in [6.07, 6.45) is 1.15. The molecule has 1 aromatic carbocycles. The van der Waals surface area contributed by atoms with Crippen LogP contribution in [0.15, 0.2) is 30.3 Å². The van der Waals surface area contributed by atoms with Crippen LogP contribution in [0.3, 0.4) is 0 Å². The number of methoxy groups -OCH3 is 1. The summed E-state index contributed by atoms with van der Waals surface area (Å²) in [5, 5.41) is 5.29. The van der Waals surface area contributed by atoms with Crippen molar-refractivity contribution in [2.45, 2.75) is 45.2 Å². The van der Waals surface area contributed by atoms with E-state index in [-0.39, 0.29) is 5.91 Å². The maximum Gasteiger partial charge on any atom is 0.331 e. The number of amides is 2. The van der Waals surface area contributed by atoms with E-state index in [0.29, 0.717) is 18.4 Å². The second-order valence-corrected chi connectivity index (χ2v) is 5.62. The normalized spacial score (nSPS) is 14.3. The summed E-state index contributed by atoms with van der Waals surface area (Å²) < 4.78 is 4.76. The summed E-state index contributed by atoms with van der Waals surface area (Å²) >= 11 is 0. The van der Waals surface area contributed by atoms with Gasteiger partial charge >= 0.3 is 5.97 Å². The first-order chi connectivity index (χ1) is 10.8. The molecule has 0 fully saturated rings. The molecule has 2 atom stereocenters. The molecular formula is C17H24N2O4. The highest BCUT2D eigenvalue weighted by molar-refractivity contribution is 5.98. The Hall–Kier alpha value is -2.37. The second kappa shape index (κ2) is 8.31. The van der Waals surface area contributed by atoms with Crippen LogP contribution in [0, 0.1) is 0 Å². The number of hydrogen-bond donors (Lipinski definition) is 2. The number of nitrogens with one attached hydrogen (secondary N) is 2. The molecule has 0 spiro atoms. The Labute approximate surface area is 136 Å². The van der Waals surface area contributed by atoms with Gasteiger partial charge in [0.25, 0.3) is 5.91 Å². The van der Waals surface area contributed by atoms with Crippen molar-refractivity contribution in [3.05, 3.63) is 35.9 Å². The lowest BCUT2D eigenvalue weighted by Crippen LogP contribution is -2.57. The van der Waals surface area contributed by atoms with Crippen molar-refractivity contribution in [3.8, 4) is 0 Å². The van der Waals surface area contributed by atoms with Crippen molar-refractivity contribution in [2.75, 3.05) is 7.11 Å². The summed E-state index contributed by atoms with van der Waals surface area (Å²) in [5.41, 5.74) is -0.636. The second-order valence-electron chi connectivity index (χ2n) is 5.62. The van der Waals surface area contributed by atoms with Crippen molar-refractivity contribution in [2.24, 2.45) is 0 Å². The van der Waals surface area contributed by atoms with Crippen LogP contribution < -0.4 is 10.6 Å². The fraction of sp³-hybridized carbons (Fsp3) is 0.471. The molecule has 0 aliphatic rings. The van der Waals surface area contributed by atoms with Crippen molar-refractivity contribution < 1.29 is 19.1 Å². The van der Waals surface area contributed by atoms with Crippen LogP contribution in [0.5, 0.6) is 0 Å². The van der Waals surface area contributed by atoms with Crippen LogP contribution in [0.2, 0.25) is 0 Å². The van der Waals surface area contributed by atoms with Gasteiger partial charge in [-0.3, -0.25) is 9.59 Å². The fourth-order valence-electron chi connectivity index (χ4n) is 2.26. The third-order valence-corrected chi connectivity index (χ3v) is 3.56. The fourth-order valence-corrected chi connectivity index (χ4v) is 2.26. The van der Waals surface area contributed by atoms with Crippen LogP contribution >= 0.6 is 0 Å². The number of benzene rings is 1. The smallest absolute Gasteiger partial charge is 0.331 e. The Bertz CT molecular complexity index is 559. The minimum Gasteiger partial charge on any atom is -0.467 e. The minimum absolute atomic E-state index is 0.344. The van der Waals surface area contributed by atoms with Crippen LogP contribution in [0.1, 0.15) is 44.0 Å². The first-order valence-electron chi connectivity index (χ1n) is 7.60. The summed E-state index contributed by atoms with van der Waals surface area (Å²) in [5.74, 6) is -1.28. The van der Waals surface area contributed by atoms with E-state index in [4.69, 9.17) is 4.74 Å². The molecule has 0 aliphatic heterocycles. The van der Waals surface area contributed by atoms with Gasteiger partial charge in [-0.2, -0.15) is 0 Å². The molecule has 0 aromatic heterocycles. The van der Waals surface area contributed by atoms with Crippen molar-refractivity contribution in [1.82, 2.24) is 10.6 Å². The molecule has 1 aromatic rings. The van der Waals surface area contributed by atoms with E-state index in [1.807, 2.05) is 6.92 Å². The number of carbonyl (C=O) groups excluding carboxylic acids is 3. The topological polar surface area (TPSA) is 84.5 Å². The Morgan fingerprint density at radius 1 is 1.22 bits per heavy atom. The Morgan fingerprint density at radius 3 is 2.35 bits per heavy atom. The highest BCUT2D eigenvalue weighted by Gasteiger charge is 2.36. The third-order valence-electron chi connectivity index (χ3n) is 3.56. The van der Waals surface area contributed by atoms with E-state index >= 15 is 0 Å². The number of hydrogen-bond acceptors (Lipinski definition) is 4. The lowest BCUT2D eigenvalue weighted by Gasteiger charge is -2.29. The van der Waals surface area contributed by atoms with Crippen molar-refractivity contribution in [3.63, 3.8) is 0 Å². The first kappa shape index (κ1) is 18.7. The quantitative estimate of drug-likeness (QED) is 0.748. The third kappa shape index (κ3) is 5.09. The number of esters is 1. The molecule has 2 N–H and O–H groups in total. The predicted molar refractivity (Wildman–Crippen MR) is 86.8 cm³/mol. The molecule has 6 nitrogen and oxygen atoms in total. The molecule has 23 heavy (non-hydrogen) atoms. The monoisotopic (exact) mass is 320 g/mol. The lowest BCUT2D eigenvalue weighted by molar-refractivity contribution is -0.150. The Balaban J connectivity index is 2.72. The maximum atomic E-state index is 12.3. The van der Waals surface area contributed by atoms with Crippen LogP contribution in [0.25, 0.3) is 0 Å². The van der Waals surface area contributed by atoms with E-state index in [0.717, 1.165) is 0 Å². The zero-order valence-electron chi connectivity index (χ0n) is 14.0. The summed E-state index contributed by atoms with van der Waals surface area (Å²) in [7, 11) is 1.28. The maximum absolute atomic E-state index is 12.3. The first-order valence-corrected chi connectivity index (χ1v) is 7.60. The van der Waals surface area contributed by atoms with Gasteiger partial charge in [-0.25, -0.2) is 4.79 Å². The molecule has 0 heterocycles. The molecule has 6 heteroatoms. The average molecular weight is 320 g/mol. The van der Waals surface area contributed by atoms with Gasteiger partial charge < -0.3 is 15.4 Å². The summed E-state index contributed by atoms with van der Waals surface area (Å²) in [6, 6.07) is 7.85. The zero-order chi connectivity index (χ0) is 17.5. The van der Waals surface area contributed by atoms with Gasteiger partial charge in [0.1, 0.15) is 11.6 Å². The molecule has 2 unspecified atom stereocenters. The van der Waals surface area contributed by atoms with E-state index < -0.39 is 23.5 Å². The minimum atomic E-state index is -1.10. The molecule has 2 amide bonds. The largest absolute Gasteiger partial charge is 0.467 e. The molecular weight excluding hydrogens is 296 g/mol. The van der Waals surface area contributed by atoms with Gasteiger partial charge in [0, 0.05) is 5.56 Å². The molecule has 0 saturated heterocycles. The van der Waals surface area contributed by atoms with Gasteiger partial charge in [0.2, 0.25) is 5.91 Å². The Morgan fingerprint density at radius 2 is 1.83 bits per heavy atom. The van der Waals surface area contributed by atoms with Gasteiger partial charge in [0.15, 0.2) is 0 Å². The Kier molecular flexibility index (Phi) is 6.75. The number of rotatable bonds is 7. The predicted octanol–water partition coefficient (Wildman–Crippen LogP) is 1.65. The van der Waals surface area contributed by atoms with Gasteiger partial charge in [-0.1, -0.05) is 31.5 Å². The van der Waals surface area contributed by atoms with E-state index in [1.165, 1.54) is 7.11 Å². The average Bonchev–Trinajstić information content (AvgIpc) is 2.54. The molecule has 0 bridgehead atoms. The summed E-state index contributed by atoms with van der Waals surface area (Å²) in [6.45, 7) is 5.10. The molecule has 0 radical (unpaired) electrons. The van der Waals surface area contributed by atoms with Gasteiger partial charge in [-0.15, -0.1) is 0 Å². The van der Waals surface area contributed by atoms with E-state index in [9.17, 15) is 14.4 Å². The molecule has 126 valence electrons. The lowest BCUT2D eigenvalue weighted by atomic mass is 9.95. The molecule has 0 aliphatic carbocycles. The van der Waals surface area contributed by atoms with Gasteiger partial charge in [0.05, 0.1) is 7.11 Å². The van der Waals surface area contributed by atoms with Gasteiger partial charge in [-0.05, 0) is 32.4 Å². The van der Waals surface area contributed by atoms with Crippen molar-refractivity contribution in [1.29, 1.82) is 0 Å². The highest BCUT2D eigenvalue weighted by Crippen LogP contribution is 2.14. The SMILES string of the molecule is CCCC(C)(NC(=O)C(C)NC(=O)c1ccccc1)C(=O)OC. The molecule has 0 saturated carbocycles. The van der Waals surface area contributed by atoms with Crippen LogP contribution in [0.4, 0.5) is 0 Å². The standard InChI is InChI=1S/C17H24N2O4/c1-5-11-17(3,16(22)23-4)19-14(20)12(2)18-15(21)13-9-7-6-8-10-13/h6-10,12H,5,11H2,1-4H3,(H,18,21)(H,19,20). The van der Waals surface area contributed by atoms with E-state index in [2.05, 4.69) is 10.6 Å². The highest BCUT2D eigenvalue weighted by atomic mass is 16.5. The van der Waals surface area contributed by atoms with Crippen LogP contribution in [-0.4, -0.2) is 36.5 Å². The van der Waals surface area contributed by atoms with Crippen molar-refractivity contribution >= 4 is 17.8 Å². The summed E-state index contributed by atoms with van der Waals surface area (Å²) in [4.78, 5) is 36.2. The zero-order valence-corrected chi connectivity index (χ0v) is 14.0. The van der Waals surface area contributed by atoms with E-state index in [1.54, 1.807) is 44.2 Å². The van der Waals surface area contributed by atoms with Crippen LogP contribution in [-0.2, 0) is 14.3 Å². The molecule has 1 rings (SSSR count).